The molecule has 0 aliphatic heterocycles. The molecule has 8 heteroatoms. The molecule has 6 nitrogen and oxygen atoms in total. The van der Waals surface area contributed by atoms with Crippen molar-refractivity contribution < 1.29 is 28.0 Å². The third-order valence-electron chi connectivity index (χ3n) is 2.07. The van der Waals surface area contributed by atoms with Gasteiger partial charge in [0.05, 0.1) is 10.5 Å². The molecule has 1 aromatic carbocycles. The topological polar surface area (TPSA) is 86.5 Å². The van der Waals surface area contributed by atoms with Crippen molar-refractivity contribution in [2.45, 2.75) is 13.5 Å². The van der Waals surface area contributed by atoms with Gasteiger partial charge in [-0.3, -0.25) is 19.7 Å². The van der Waals surface area contributed by atoms with Crippen LogP contribution in [0.25, 0.3) is 0 Å². The first-order valence-corrected chi connectivity index (χ1v) is 4.60. The summed E-state index contributed by atoms with van der Waals surface area (Å²) in [6.45, 7) is -2.17. The predicted octanol–water partition coefficient (Wildman–Crippen LogP) is 2.21. The summed E-state index contributed by atoms with van der Waals surface area (Å²) in [7, 11) is 0. The summed E-state index contributed by atoms with van der Waals surface area (Å²) in [5.74, 6) is -1.30. The second-order valence-corrected chi connectivity index (χ2v) is 3.18. The largest absolute Gasteiger partial charge is 0.434 e. The zero-order valence-corrected chi connectivity index (χ0v) is 9.05. The number of nitro benzene ring substituents is 1. The Kier molecular flexibility index (Phi) is 4.03. The monoisotopic (exact) mass is 259 g/mol. The van der Waals surface area contributed by atoms with Gasteiger partial charge in [0.2, 0.25) is 0 Å². The van der Waals surface area contributed by atoms with Crippen molar-refractivity contribution in [2.24, 2.45) is 0 Å². The fraction of sp³-hybridized carbons (Fsp3) is 0.200. The van der Waals surface area contributed by atoms with E-state index in [0.717, 1.165) is 19.1 Å². The van der Waals surface area contributed by atoms with E-state index in [1.807, 2.05) is 0 Å². The van der Waals surface area contributed by atoms with E-state index in [2.05, 4.69) is 4.74 Å². The highest BCUT2D eigenvalue weighted by atomic mass is 19.3. The molecule has 18 heavy (non-hydrogen) atoms. The summed E-state index contributed by atoms with van der Waals surface area (Å²) in [6, 6.07) is 1.88. The van der Waals surface area contributed by atoms with Crippen molar-refractivity contribution in [1.29, 1.82) is 0 Å². The number of nitrogens with zero attached hydrogens (tertiary/aromatic N) is 1. The number of aldehydes is 1. The van der Waals surface area contributed by atoms with Crippen LogP contribution in [0.1, 0.15) is 27.6 Å². The Bertz CT molecular complexity index is 515. The molecule has 0 heterocycles. The number of Topliss-reactive ketones (excluding diaryl/α,β-unsaturated/α-hetero) is 1. The third-order valence-corrected chi connectivity index (χ3v) is 2.07. The number of hydrogen-bond acceptors (Lipinski definition) is 5. The molecular formula is C10H7F2NO5. The van der Waals surface area contributed by atoms with Crippen LogP contribution in [0.4, 0.5) is 14.5 Å². The average molecular weight is 259 g/mol. The summed E-state index contributed by atoms with van der Waals surface area (Å²) < 4.78 is 28.1. The maximum atomic E-state index is 12.1. The Morgan fingerprint density at radius 1 is 1.50 bits per heavy atom. The lowest BCUT2D eigenvalue weighted by Gasteiger charge is -2.08. The van der Waals surface area contributed by atoms with Gasteiger partial charge in [0.15, 0.2) is 12.1 Å². The molecule has 1 rings (SSSR count). The average Bonchev–Trinajstić information content (AvgIpc) is 2.26. The van der Waals surface area contributed by atoms with Gasteiger partial charge in [-0.15, -0.1) is 0 Å². The van der Waals surface area contributed by atoms with Crippen molar-refractivity contribution in [2.75, 3.05) is 0 Å². The molecule has 0 saturated heterocycles. The highest BCUT2D eigenvalue weighted by Gasteiger charge is 2.27. The van der Waals surface area contributed by atoms with E-state index in [9.17, 15) is 28.5 Å². The lowest BCUT2D eigenvalue weighted by Crippen LogP contribution is -2.09. The van der Waals surface area contributed by atoms with Gasteiger partial charge in [0, 0.05) is 0 Å². The van der Waals surface area contributed by atoms with Crippen molar-refractivity contribution >= 4 is 17.8 Å². The minimum atomic E-state index is -3.23. The maximum absolute atomic E-state index is 12.1. The van der Waals surface area contributed by atoms with Crippen LogP contribution in [0, 0.1) is 10.1 Å². The van der Waals surface area contributed by atoms with E-state index in [4.69, 9.17) is 0 Å². The molecule has 0 spiro atoms. The number of halogens is 2. The van der Waals surface area contributed by atoms with E-state index in [0.29, 0.717) is 0 Å². The maximum Gasteiger partial charge on any atom is 0.387 e. The SMILES string of the molecule is CC(=O)c1ccc(OC(F)F)c(C=O)c1[N+](=O)[O-]. The molecule has 0 aromatic heterocycles. The number of benzene rings is 1. The van der Waals surface area contributed by atoms with Crippen molar-refractivity contribution in [1.82, 2.24) is 0 Å². The standard InChI is InChI=1S/C10H7F2NO5/c1-5(15)6-2-3-8(18-10(11)12)7(4-14)9(6)13(16)17/h2-4,10H,1H3. The van der Waals surface area contributed by atoms with Gasteiger partial charge in [-0.1, -0.05) is 0 Å². The number of carbonyl (C=O) groups excluding carboxylic acids is 2. The number of rotatable bonds is 5. The van der Waals surface area contributed by atoms with Crippen LogP contribution in [0.15, 0.2) is 12.1 Å². The van der Waals surface area contributed by atoms with Crippen molar-refractivity contribution in [3.63, 3.8) is 0 Å². The highest BCUT2D eigenvalue weighted by Crippen LogP contribution is 2.31. The van der Waals surface area contributed by atoms with Gasteiger partial charge < -0.3 is 4.74 Å². The molecule has 0 unspecified atom stereocenters. The number of nitro groups is 1. The smallest absolute Gasteiger partial charge is 0.387 e. The number of alkyl halides is 2. The zero-order chi connectivity index (χ0) is 13.9. The lowest BCUT2D eigenvalue weighted by atomic mass is 10.0. The number of carbonyl (C=O) groups is 2. The van der Waals surface area contributed by atoms with Crippen LogP contribution < -0.4 is 4.74 Å². The van der Waals surface area contributed by atoms with Gasteiger partial charge in [0.1, 0.15) is 11.3 Å². The Hall–Kier alpha value is -2.38. The molecule has 0 N–H and O–H groups in total. The summed E-state index contributed by atoms with van der Waals surface area (Å²) in [4.78, 5) is 31.7. The van der Waals surface area contributed by atoms with Crippen LogP contribution in [0.2, 0.25) is 0 Å². The third kappa shape index (κ3) is 2.65. The lowest BCUT2D eigenvalue weighted by molar-refractivity contribution is -0.385. The number of ether oxygens (including phenoxy) is 1. The predicted molar refractivity (Wildman–Crippen MR) is 55.1 cm³/mol. The Balaban J connectivity index is 3.52. The van der Waals surface area contributed by atoms with Gasteiger partial charge in [-0.2, -0.15) is 8.78 Å². The van der Waals surface area contributed by atoms with E-state index in [1.54, 1.807) is 0 Å². The zero-order valence-electron chi connectivity index (χ0n) is 9.05. The van der Waals surface area contributed by atoms with Gasteiger partial charge in [0.25, 0.3) is 5.69 Å². The Morgan fingerprint density at radius 3 is 2.50 bits per heavy atom. The van der Waals surface area contributed by atoms with Crippen LogP contribution in [0.5, 0.6) is 5.75 Å². The number of ketones is 1. The Morgan fingerprint density at radius 2 is 2.11 bits per heavy atom. The highest BCUT2D eigenvalue weighted by molar-refractivity contribution is 6.02. The minimum absolute atomic E-state index is 0.00227. The molecular weight excluding hydrogens is 252 g/mol. The quantitative estimate of drug-likeness (QED) is 0.350. The van der Waals surface area contributed by atoms with Gasteiger partial charge in [-0.25, -0.2) is 0 Å². The molecule has 0 radical (unpaired) electrons. The molecule has 0 saturated carbocycles. The molecule has 96 valence electrons. The minimum Gasteiger partial charge on any atom is -0.434 e. The molecule has 1 aromatic rings. The van der Waals surface area contributed by atoms with E-state index >= 15 is 0 Å². The van der Waals surface area contributed by atoms with Crippen LogP contribution >= 0.6 is 0 Å². The van der Waals surface area contributed by atoms with Gasteiger partial charge in [-0.05, 0) is 19.1 Å². The summed E-state index contributed by atoms with van der Waals surface area (Å²) in [5.41, 5.74) is -1.87. The number of hydrogen-bond donors (Lipinski definition) is 0. The summed E-state index contributed by atoms with van der Waals surface area (Å²) in [6.07, 6.45) is 0.00227. The fourth-order valence-electron chi connectivity index (χ4n) is 1.38. The Labute approximate surface area is 99.3 Å². The van der Waals surface area contributed by atoms with E-state index in [-0.39, 0.29) is 11.8 Å². The first-order valence-electron chi connectivity index (χ1n) is 4.60. The second kappa shape index (κ2) is 5.30. The normalized spacial score (nSPS) is 10.2. The molecule has 0 bridgehead atoms. The summed E-state index contributed by atoms with van der Waals surface area (Å²) in [5, 5.41) is 10.8. The van der Waals surface area contributed by atoms with Crippen molar-refractivity contribution in [3.8, 4) is 5.75 Å². The first kappa shape index (κ1) is 13.7. The molecule has 0 fully saturated rings. The van der Waals surface area contributed by atoms with E-state index < -0.39 is 34.3 Å². The summed E-state index contributed by atoms with van der Waals surface area (Å²) >= 11 is 0. The van der Waals surface area contributed by atoms with Crippen LogP contribution in [0.3, 0.4) is 0 Å². The van der Waals surface area contributed by atoms with Crippen LogP contribution in [-0.4, -0.2) is 23.6 Å². The molecule has 0 aliphatic rings. The molecule has 0 aliphatic carbocycles. The van der Waals surface area contributed by atoms with Crippen LogP contribution in [-0.2, 0) is 0 Å². The van der Waals surface area contributed by atoms with Crippen molar-refractivity contribution in [3.05, 3.63) is 33.4 Å². The molecule has 0 amide bonds. The van der Waals surface area contributed by atoms with E-state index in [1.165, 1.54) is 0 Å². The first-order chi connectivity index (χ1) is 8.38. The van der Waals surface area contributed by atoms with Gasteiger partial charge >= 0.3 is 6.61 Å². The molecule has 0 atom stereocenters. The fourth-order valence-corrected chi connectivity index (χ4v) is 1.38. The second-order valence-electron chi connectivity index (χ2n) is 3.18.